The molecule has 2 nitrogen and oxygen atoms in total. The van der Waals surface area contributed by atoms with E-state index in [1.165, 1.54) is 76.5 Å². The van der Waals surface area contributed by atoms with Crippen LogP contribution in [0.5, 0.6) is 0 Å². The predicted molar refractivity (Wildman–Crippen MR) is 280 cm³/mol. The fourth-order valence-corrected chi connectivity index (χ4v) is 10.2. The summed E-state index contributed by atoms with van der Waals surface area (Å²) in [5.41, 5.74) is 14.6. The van der Waals surface area contributed by atoms with Gasteiger partial charge in [0, 0.05) is 27.5 Å². The van der Waals surface area contributed by atoms with E-state index in [9.17, 15) is 0 Å². The van der Waals surface area contributed by atoms with Gasteiger partial charge in [0.15, 0.2) is 0 Å². The topological polar surface area (TPSA) is 16.4 Å². The lowest BCUT2D eigenvalue weighted by Gasteiger charge is -2.28. The molecule has 0 radical (unpaired) electrons. The van der Waals surface area contributed by atoms with Crippen molar-refractivity contribution in [3.8, 4) is 44.5 Å². The predicted octanol–water partition coefficient (Wildman–Crippen LogP) is 18.3. The third-order valence-electron chi connectivity index (χ3n) is 13.4. The van der Waals surface area contributed by atoms with Gasteiger partial charge in [-0.25, -0.2) is 0 Å². The van der Waals surface area contributed by atoms with Gasteiger partial charge in [-0.05, 0) is 137 Å². The fourth-order valence-electron chi connectivity index (χ4n) is 10.2. The van der Waals surface area contributed by atoms with E-state index in [-0.39, 0.29) is 0 Å². The molecule has 66 heavy (non-hydrogen) atoms. The van der Waals surface area contributed by atoms with Crippen LogP contribution in [0.15, 0.2) is 253 Å². The van der Waals surface area contributed by atoms with E-state index < -0.39 is 0 Å². The number of hydrogen-bond donors (Lipinski definition) is 0. The molecule has 1 heterocycles. The largest absolute Gasteiger partial charge is 0.456 e. The molecule has 0 aliphatic carbocycles. The maximum Gasteiger partial charge on any atom is 0.136 e. The van der Waals surface area contributed by atoms with E-state index in [2.05, 4.69) is 241 Å². The third kappa shape index (κ3) is 6.42. The van der Waals surface area contributed by atoms with Crippen molar-refractivity contribution in [2.45, 2.75) is 0 Å². The lowest BCUT2D eigenvalue weighted by molar-refractivity contribution is 0.669. The minimum absolute atomic E-state index is 0.898. The molecule has 0 fully saturated rings. The Labute approximate surface area is 382 Å². The molecule has 2 heteroatoms. The van der Waals surface area contributed by atoms with E-state index in [1.807, 2.05) is 12.1 Å². The Morgan fingerprint density at radius 2 is 0.758 bits per heavy atom. The van der Waals surface area contributed by atoms with Gasteiger partial charge in [-0.2, -0.15) is 0 Å². The van der Waals surface area contributed by atoms with Crippen LogP contribution in [0, 0.1) is 0 Å². The Morgan fingerprint density at radius 1 is 0.258 bits per heavy atom. The molecule has 0 amide bonds. The van der Waals surface area contributed by atoms with Crippen LogP contribution in [0.4, 0.5) is 17.1 Å². The Bertz CT molecular complexity index is 3970. The molecule has 0 spiro atoms. The molecule has 308 valence electrons. The molecule has 0 N–H and O–H groups in total. The summed E-state index contributed by atoms with van der Waals surface area (Å²) in [6, 6.07) is 90.4. The summed E-state index contributed by atoms with van der Waals surface area (Å²) < 4.78 is 6.29. The average molecular weight is 840 g/mol. The minimum Gasteiger partial charge on any atom is -0.456 e. The normalized spacial score (nSPS) is 11.6. The maximum absolute atomic E-state index is 6.29. The summed E-state index contributed by atoms with van der Waals surface area (Å²) in [5, 5.41) is 12.1. The fraction of sp³-hybridized carbons (Fsp3) is 0. The molecule has 0 saturated carbocycles. The first kappa shape index (κ1) is 37.8. The van der Waals surface area contributed by atoms with E-state index in [0.717, 1.165) is 50.1 Å². The highest BCUT2D eigenvalue weighted by atomic mass is 16.3. The van der Waals surface area contributed by atoms with Gasteiger partial charge in [0.05, 0.1) is 5.69 Å². The highest BCUT2D eigenvalue weighted by Crippen LogP contribution is 2.45. The monoisotopic (exact) mass is 839 g/mol. The van der Waals surface area contributed by atoms with Gasteiger partial charge in [0.25, 0.3) is 0 Å². The first-order chi connectivity index (χ1) is 32.7. The molecule has 0 aliphatic heterocycles. The molecule has 0 saturated heterocycles. The molecular weight excluding hydrogens is 799 g/mol. The van der Waals surface area contributed by atoms with Crippen molar-refractivity contribution in [3.63, 3.8) is 0 Å². The van der Waals surface area contributed by atoms with Crippen molar-refractivity contribution >= 4 is 82.1 Å². The first-order valence-corrected chi connectivity index (χ1v) is 22.6. The summed E-state index contributed by atoms with van der Waals surface area (Å²) in [4.78, 5) is 2.42. The van der Waals surface area contributed by atoms with Crippen LogP contribution in [0.2, 0.25) is 0 Å². The molecule has 0 bridgehead atoms. The second kappa shape index (κ2) is 15.5. The number of para-hydroxylation sites is 1. The molecule has 0 unspecified atom stereocenters. The summed E-state index contributed by atoms with van der Waals surface area (Å²) in [6.45, 7) is 0. The summed E-state index contributed by atoms with van der Waals surface area (Å²) in [7, 11) is 0. The van der Waals surface area contributed by atoms with Crippen LogP contribution in [0.25, 0.3) is 110 Å². The number of benzene rings is 12. The van der Waals surface area contributed by atoms with Gasteiger partial charge in [-0.15, -0.1) is 0 Å². The zero-order chi connectivity index (χ0) is 43.6. The second-order valence-corrected chi connectivity index (χ2v) is 17.2. The van der Waals surface area contributed by atoms with E-state index in [0.29, 0.717) is 0 Å². The Hall–Kier alpha value is -8.72. The Balaban J connectivity index is 0.923. The number of furan rings is 1. The van der Waals surface area contributed by atoms with Crippen LogP contribution in [-0.2, 0) is 0 Å². The molecule has 0 atom stereocenters. The lowest BCUT2D eigenvalue weighted by atomic mass is 9.89. The molecular formula is C64H41NO. The Morgan fingerprint density at radius 3 is 1.52 bits per heavy atom. The number of rotatable bonds is 7. The lowest BCUT2D eigenvalue weighted by Crippen LogP contribution is -2.10. The smallest absolute Gasteiger partial charge is 0.136 e. The zero-order valence-corrected chi connectivity index (χ0v) is 36.0. The van der Waals surface area contributed by atoms with Crippen LogP contribution in [0.3, 0.4) is 0 Å². The Kier molecular flexibility index (Phi) is 8.89. The highest BCUT2D eigenvalue weighted by Gasteiger charge is 2.20. The number of nitrogens with zero attached hydrogens (tertiary/aromatic N) is 1. The average Bonchev–Trinajstić information content (AvgIpc) is 3.77. The van der Waals surface area contributed by atoms with Gasteiger partial charge >= 0.3 is 0 Å². The van der Waals surface area contributed by atoms with E-state index in [1.54, 1.807) is 0 Å². The quantitative estimate of drug-likeness (QED) is 0.149. The number of fused-ring (bicyclic) bond motifs is 8. The number of anilines is 3. The summed E-state index contributed by atoms with van der Waals surface area (Å²) in [6.07, 6.45) is 0. The maximum atomic E-state index is 6.29. The third-order valence-corrected chi connectivity index (χ3v) is 13.4. The van der Waals surface area contributed by atoms with Crippen LogP contribution in [0.1, 0.15) is 0 Å². The van der Waals surface area contributed by atoms with Crippen LogP contribution >= 0.6 is 0 Å². The molecule has 12 aromatic carbocycles. The van der Waals surface area contributed by atoms with Gasteiger partial charge in [0.1, 0.15) is 11.2 Å². The van der Waals surface area contributed by atoms with E-state index in [4.69, 9.17) is 4.42 Å². The van der Waals surface area contributed by atoms with Crippen LogP contribution in [-0.4, -0.2) is 0 Å². The minimum atomic E-state index is 0.898. The molecule has 13 aromatic rings. The standard InChI is InChI=1S/C64H41NO/c1-2-13-48-39-49(26-23-42(48)11-1)43-21-24-46(25-22-43)56-37-31-45-12-3-6-16-55(45)64(56)47-29-35-53(36-30-47)65(61-40-51-14-4-5-15-54(51)57-17-7-8-18-58(57)61)52-33-27-44(28-34-52)50-32-38-60-59-19-9-10-20-62(59)66-63(60)41-50/h1-41H. The van der Waals surface area contributed by atoms with Gasteiger partial charge < -0.3 is 9.32 Å². The van der Waals surface area contributed by atoms with Crippen molar-refractivity contribution in [1.29, 1.82) is 0 Å². The van der Waals surface area contributed by atoms with Crippen molar-refractivity contribution < 1.29 is 4.42 Å². The molecule has 0 aliphatic rings. The van der Waals surface area contributed by atoms with Crippen molar-refractivity contribution in [1.82, 2.24) is 0 Å². The van der Waals surface area contributed by atoms with Crippen molar-refractivity contribution in [2.75, 3.05) is 4.90 Å². The van der Waals surface area contributed by atoms with Crippen molar-refractivity contribution in [3.05, 3.63) is 249 Å². The van der Waals surface area contributed by atoms with Gasteiger partial charge in [0.2, 0.25) is 0 Å². The first-order valence-electron chi connectivity index (χ1n) is 22.6. The SMILES string of the molecule is c1ccc2cc(-c3ccc(-c4ccc5ccccc5c4-c4ccc(N(c5ccc(-c6ccc7c(c6)oc6ccccc67)cc5)c5cc6ccccc6c6ccccc56)cc4)cc3)ccc2c1. The number of hydrogen-bond acceptors (Lipinski definition) is 2. The van der Waals surface area contributed by atoms with Gasteiger partial charge in [-0.3, -0.25) is 0 Å². The summed E-state index contributed by atoms with van der Waals surface area (Å²) in [5.74, 6) is 0. The molecule has 1 aromatic heterocycles. The zero-order valence-electron chi connectivity index (χ0n) is 36.0. The highest BCUT2D eigenvalue weighted by molar-refractivity contribution is 6.15. The van der Waals surface area contributed by atoms with Gasteiger partial charge in [-0.1, -0.05) is 194 Å². The molecule has 13 rings (SSSR count). The summed E-state index contributed by atoms with van der Waals surface area (Å²) >= 11 is 0. The second-order valence-electron chi connectivity index (χ2n) is 17.2. The van der Waals surface area contributed by atoms with E-state index >= 15 is 0 Å². The van der Waals surface area contributed by atoms with Crippen LogP contribution < -0.4 is 4.90 Å². The van der Waals surface area contributed by atoms with Crippen molar-refractivity contribution in [2.24, 2.45) is 0 Å².